The zero-order chi connectivity index (χ0) is 13.5. The van der Waals surface area contributed by atoms with Gasteiger partial charge in [0.2, 0.25) is 5.91 Å². The number of amides is 1. The molecule has 100 valence electrons. The number of para-hydroxylation sites is 1. The predicted octanol–water partition coefficient (Wildman–Crippen LogP) is 1.34. The summed E-state index contributed by atoms with van der Waals surface area (Å²) in [5.74, 6) is 0.0863. The van der Waals surface area contributed by atoms with Crippen LogP contribution in [0, 0.1) is 0 Å². The zero-order valence-electron chi connectivity index (χ0n) is 10.6. The van der Waals surface area contributed by atoms with Gasteiger partial charge in [-0.1, -0.05) is 18.2 Å². The van der Waals surface area contributed by atoms with E-state index < -0.39 is 0 Å². The second-order valence-electron chi connectivity index (χ2n) is 4.31. The molecule has 0 unspecified atom stereocenters. The number of aryl methyl sites for hydroxylation is 1. The lowest BCUT2D eigenvalue weighted by atomic mass is 10.1. The largest absolute Gasteiger partial charge is 0.508 e. The predicted molar refractivity (Wildman–Crippen MR) is 71.7 cm³/mol. The van der Waals surface area contributed by atoms with Crippen molar-refractivity contribution >= 4 is 5.91 Å². The van der Waals surface area contributed by atoms with Gasteiger partial charge in [-0.3, -0.25) is 4.79 Å². The van der Waals surface area contributed by atoms with E-state index in [-0.39, 0.29) is 18.1 Å². The molecule has 1 amide bonds. The second-order valence-corrected chi connectivity index (χ2v) is 4.31. The standard InChI is InChI=1S/C14H17N3O2/c18-13-5-2-1-4-12(13)10-14(19)16-6-3-8-17-9-7-15-11-17/h1-2,4-5,7,9,11,18H,3,6,8,10H2,(H,16,19). The van der Waals surface area contributed by atoms with Gasteiger partial charge in [0.15, 0.2) is 0 Å². The molecule has 0 aliphatic rings. The SMILES string of the molecule is O=C(Cc1ccccc1O)NCCCn1ccnc1. The van der Waals surface area contributed by atoms with Crippen molar-refractivity contribution in [3.63, 3.8) is 0 Å². The molecule has 0 fully saturated rings. The maximum Gasteiger partial charge on any atom is 0.224 e. The molecule has 0 aliphatic heterocycles. The number of phenolic OH excluding ortho intramolecular Hbond substituents is 1. The van der Waals surface area contributed by atoms with Crippen LogP contribution in [0.5, 0.6) is 5.75 Å². The molecule has 2 aromatic rings. The second kappa shape index (κ2) is 6.58. The van der Waals surface area contributed by atoms with E-state index in [1.807, 2.05) is 10.8 Å². The van der Waals surface area contributed by atoms with E-state index in [1.54, 1.807) is 36.8 Å². The molecule has 0 aliphatic carbocycles. The van der Waals surface area contributed by atoms with E-state index in [0.717, 1.165) is 13.0 Å². The first-order valence-corrected chi connectivity index (χ1v) is 6.25. The van der Waals surface area contributed by atoms with Crippen molar-refractivity contribution in [3.8, 4) is 5.75 Å². The molecule has 0 spiro atoms. The Balaban J connectivity index is 1.69. The molecule has 0 saturated heterocycles. The third-order valence-corrected chi connectivity index (χ3v) is 2.82. The van der Waals surface area contributed by atoms with E-state index in [1.165, 1.54) is 0 Å². The number of hydrogen-bond donors (Lipinski definition) is 2. The van der Waals surface area contributed by atoms with Crippen LogP contribution in [0.15, 0.2) is 43.0 Å². The van der Waals surface area contributed by atoms with E-state index in [9.17, 15) is 9.90 Å². The third kappa shape index (κ3) is 4.13. The Bertz CT molecular complexity index is 523. The van der Waals surface area contributed by atoms with Crippen molar-refractivity contribution in [1.82, 2.24) is 14.9 Å². The van der Waals surface area contributed by atoms with Gasteiger partial charge in [-0.2, -0.15) is 0 Å². The summed E-state index contributed by atoms with van der Waals surface area (Å²) in [6.45, 7) is 1.45. The van der Waals surface area contributed by atoms with Gasteiger partial charge in [-0.25, -0.2) is 4.98 Å². The first kappa shape index (κ1) is 13.1. The molecular weight excluding hydrogens is 242 g/mol. The fourth-order valence-electron chi connectivity index (χ4n) is 1.80. The fraction of sp³-hybridized carbons (Fsp3) is 0.286. The first-order chi connectivity index (χ1) is 9.25. The average Bonchev–Trinajstić information content (AvgIpc) is 2.91. The monoisotopic (exact) mass is 259 g/mol. The van der Waals surface area contributed by atoms with Gasteiger partial charge >= 0.3 is 0 Å². The van der Waals surface area contributed by atoms with Gasteiger partial charge in [-0.15, -0.1) is 0 Å². The summed E-state index contributed by atoms with van der Waals surface area (Å²) in [6.07, 6.45) is 6.44. The van der Waals surface area contributed by atoms with E-state index >= 15 is 0 Å². The highest BCUT2D eigenvalue weighted by Gasteiger charge is 2.06. The lowest BCUT2D eigenvalue weighted by Crippen LogP contribution is -2.26. The molecule has 1 heterocycles. The topological polar surface area (TPSA) is 67.2 Å². The minimum atomic E-state index is -0.0767. The van der Waals surface area contributed by atoms with Crippen molar-refractivity contribution in [2.45, 2.75) is 19.4 Å². The van der Waals surface area contributed by atoms with Crippen molar-refractivity contribution in [2.75, 3.05) is 6.54 Å². The van der Waals surface area contributed by atoms with Crippen LogP contribution < -0.4 is 5.32 Å². The number of nitrogens with one attached hydrogen (secondary N) is 1. The van der Waals surface area contributed by atoms with Gasteiger partial charge in [0.05, 0.1) is 12.7 Å². The average molecular weight is 259 g/mol. The number of carbonyl (C=O) groups excluding carboxylic acids is 1. The molecule has 0 atom stereocenters. The Labute approximate surface area is 111 Å². The summed E-state index contributed by atoms with van der Waals surface area (Å²) in [4.78, 5) is 15.6. The highest BCUT2D eigenvalue weighted by Crippen LogP contribution is 2.15. The molecule has 19 heavy (non-hydrogen) atoms. The van der Waals surface area contributed by atoms with Gasteiger partial charge in [0.25, 0.3) is 0 Å². The Morgan fingerprint density at radius 3 is 2.95 bits per heavy atom. The van der Waals surface area contributed by atoms with Crippen LogP contribution in [0.3, 0.4) is 0 Å². The Kier molecular flexibility index (Phi) is 4.55. The molecular formula is C14H17N3O2. The maximum atomic E-state index is 11.7. The summed E-state index contributed by atoms with van der Waals surface area (Å²) < 4.78 is 1.97. The quantitative estimate of drug-likeness (QED) is 0.769. The molecule has 5 nitrogen and oxygen atoms in total. The van der Waals surface area contributed by atoms with Gasteiger partial charge in [0, 0.05) is 31.0 Å². The molecule has 2 N–H and O–H groups in total. The van der Waals surface area contributed by atoms with Crippen LogP contribution in [0.2, 0.25) is 0 Å². The Morgan fingerprint density at radius 2 is 2.21 bits per heavy atom. The van der Waals surface area contributed by atoms with Crippen LogP contribution in [-0.4, -0.2) is 27.1 Å². The molecule has 0 bridgehead atoms. The third-order valence-electron chi connectivity index (χ3n) is 2.82. The summed E-state index contributed by atoms with van der Waals surface area (Å²) >= 11 is 0. The summed E-state index contributed by atoms with van der Waals surface area (Å²) in [5, 5.41) is 12.4. The van der Waals surface area contributed by atoms with Crippen LogP contribution in [-0.2, 0) is 17.8 Å². The number of nitrogens with zero attached hydrogens (tertiary/aromatic N) is 2. The molecule has 5 heteroatoms. The van der Waals surface area contributed by atoms with Crippen LogP contribution >= 0.6 is 0 Å². The molecule has 0 radical (unpaired) electrons. The molecule has 1 aromatic carbocycles. The normalized spacial score (nSPS) is 10.3. The Hall–Kier alpha value is -2.30. The zero-order valence-corrected chi connectivity index (χ0v) is 10.6. The van der Waals surface area contributed by atoms with Crippen LogP contribution in [0.25, 0.3) is 0 Å². The molecule has 1 aromatic heterocycles. The number of carbonyl (C=O) groups is 1. The Morgan fingerprint density at radius 1 is 1.37 bits per heavy atom. The van der Waals surface area contributed by atoms with Crippen molar-refractivity contribution in [3.05, 3.63) is 48.5 Å². The lowest BCUT2D eigenvalue weighted by molar-refractivity contribution is -0.120. The number of aromatic hydroxyl groups is 1. The summed E-state index contributed by atoms with van der Waals surface area (Å²) in [5.41, 5.74) is 0.648. The smallest absolute Gasteiger partial charge is 0.224 e. The minimum absolute atomic E-state index is 0.0767. The van der Waals surface area contributed by atoms with Crippen LogP contribution in [0.1, 0.15) is 12.0 Å². The number of aromatic nitrogens is 2. The number of rotatable bonds is 6. The van der Waals surface area contributed by atoms with Crippen LogP contribution in [0.4, 0.5) is 0 Å². The van der Waals surface area contributed by atoms with E-state index in [2.05, 4.69) is 10.3 Å². The number of hydrogen-bond acceptors (Lipinski definition) is 3. The van der Waals surface area contributed by atoms with E-state index in [0.29, 0.717) is 12.1 Å². The maximum absolute atomic E-state index is 11.7. The highest BCUT2D eigenvalue weighted by molar-refractivity contribution is 5.79. The van der Waals surface area contributed by atoms with E-state index in [4.69, 9.17) is 0 Å². The van der Waals surface area contributed by atoms with Gasteiger partial charge in [0.1, 0.15) is 5.75 Å². The number of imidazole rings is 1. The van der Waals surface area contributed by atoms with Crippen molar-refractivity contribution < 1.29 is 9.90 Å². The summed E-state index contributed by atoms with van der Waals surface area (Å²) in [7, 11) is 0. The summed E-state index contributed by atoms with van der Waals surface area (Å²) in [6, 6.07) is 6.88. The molecule has 0 saturated carbocycles. The van der Waals surface area contributed by atoms with Gasteiger partial charge < -0.3 is 15.0 Å². The lowest BCUT2D eigenvalue weighted by Gasteiger charge is -2.07. The fourth-order valence-corrected chi connectivity index (χ4v) is 1.80. The molecule has 2 rings (SSSR count). The van der Waals surface area contributed by atoms with Crippen molar-refractivity contribution in [2.24, 2.45) is 0 Å². The minimum Gasteiger partial charge on any atom is -0.508 e. The van der Waals surface area contributed by atoms with Crippen molar-refractivity contribution in [1.29, 1.82) is 0 Å². The van der Waals surface area contributed by atoms with Gasteiger partial charge in [-0.05, 0) is 12.5 Å². The highest BCUT2D eigenvalue weighted by atomic mass is 16.3. The number of phenols is 1. The first-order valence-electron chi connectivity index (χ1n) is 6.25. The number of benzene rings is 1.